The first-order valence-electron chi connectivity index (χ1n) is 20.8. The maximum atomic E-state index is 6.83. The van der Waals surface area contributed by atoms with Gasteiger partial charge in [0.05, 0.1) is 22.4 Å². The fraction of sp³-hybridized carbons (Fsp3) is 0. The van der Waals surface area contributed by atoms with Crippen LogP contribution in [0.15, 0.2) is 217 Å². The second-order valence-corrected chi connectivity index (χ2v) is 15.5. The Morgan fingerprint density at radius 2 is 1.16 bits per heavy atom. The predicted molar refractivity (Wildman–Crippen MR) is 257 cm³/mol. The van der Waals surface area contributed by atoms with Gasteiger partial charge in [-0.2, -0.15) is 0 Å². The van der Waals surface area contributed by atoms with Crippen molar-refractivity contribution in [1.82, 2.24) is 14.4 Å². The Morgan fingerprint density at radius 3 is 1.92 bits per heavy atom. The maximum Gasteiger partial charge on any atom is 0.121 e. The van der Waals surface area contributed by atoms with Crippen LogP contribution in [0.5, 0.6) is 0 Å². The van der Waals surface area contributed by atoms with Gasteiger partial charge in [-0.1, -0.05) is 144 Å². The quantitative estimate of drug-likeness (QED) is 0.166. The average Bonchev–Trinajstić information content (AvgIpc) is 3.93. The van der Waals surface area contributed by atoms with E-state index >= 15 is 0 Å². The van der Waals surface area contributed by atoms with Crippen molar-refractivity contribution in [2.24, 2.45) is 0 Å². The number of furan rings is 1. The second kappa shape index (κ2) is 16.0. The second-order valence-electron chi connectivity index (χ2n) is 15.5. The van der Waals surface area contributed by atoms with Gasteiger partial charge in [0.15, 0.2) is 0 Å². The van der Waals surface area contributed by atoms with Crippen LogP contribution in [0.25, 0.3) is 115 Å². The van der Waals surface area contributed by atoms with E-state index in [1.165, 1.54) is 38.1 Å². The van der Waals surface area contributed by atoms with Crippen LogP contribution in [0, 0.1) is 12.1 Å². The van der Waals surface area contributed by atoms with E-state index < -0.39 is 0 Å². The van der Waals surface area contributed by atoms with E-state index in [9.17, 15) is 0 Å². The average molecular weight is 982 g/mol. The molecule has 0 aliphatic rings. The zero-order chi connectivity index (χ0) is 41.0. The molecule has 0 unspecified atom stereocenters. The fourth-order valence-corrected chi connectivity index (χ4v) is 9.08. The van der Waals surface area contributed by atoms with Gasteiger partial charge >= 0.3 is 0 Å². The molecule has 0 N–H and O–H groups in total. The molecule has 1 radical (unpaired) electrons. The van der Waals surface area contributed by atoms with Crippen LogP contribution in [-0.2, 0) is 20.1 Å². The normalized spacial score (nSPS) is 11.4. The van der Waals surface area contributed by atoms with Crippen molar-refractivity contribution < 1.29 is 24.5 Å². The van der Waals surface area contributed by atoms with Crippen molar-refractivity contribution >= 4 is 81.6 Å². The van der Waals surface area contributed by atoms with Crippen LogP contribution in [0.2, 0.25) is 0 Å². The van der Waals surface area contributed by atoms with E-state index in [1.54, 1.807) is 6.20 Å². The number of benzene rings is 9. The third-order valence-corrected chi connectivity index (χ3v) is 11.9. The number of hydrogen-bond acceptors (Lipinski definition) is 3. The summed E-state index contributed by atoms with van der Waals surface area (Å²) in [4.78, 5) is 9.61. The minimum Gasteiger partial charge on any atom is -0.501 e. The van der Waals surface area contributed by atoms with Crippen molar-refractivity contribution in [2.45, 2.75) is 0 Å². The summed E-state index contributed by atoms with van der Waals surface area (Å²) in [7, 11) is 0. The molecule has 299 valence electrons. The number of pyridine rings is 1. The summed E-state index contributed by atoms with van der Waals surface area (Å²) in [6.07, 6.45) is 1.79. The van der Waals surface area contributed by atoms with Gasteiger partial charge in [0.1, 0.15) is 5.58 Å². The minimum atomic E-state index is 0. The van der Waals surface area contributed by atoms with Gasteiger partial charge in [0, 0.05) is 48.0 Å². The van der Waals surface area contributed by atoms with E-state index in [-0.39, 0.29) is 20.1 Å². The smallest absolute Gasteiger partial charge is 0.121 e. The number of fused-ring (bicyclic) bond motifs is 11. The molecule has 0 fully saturated rings. The first-order valence-corrected chi connectivity index (χ1v) is 20.8. The van der Waals surface area contributed by atoms with Crippen LogP contribution >= 0.6 is 0 Å². The number of imidazole rings is 1. The van der Waals surface area contributed by atoms with Crippen molar-refractivity contribution in [3.05, 3.63) is 225 Å². The Labute approximate surface area is 376 Å². The molecule has 13 rings (SSSR count). The van der Waals surface area contributed by atoms with Gasteiger partial charge in [-0.25, -0.2) is 0 Å². The predicted octanol–water partition coefficient (Wildman–Crippen LogP) is 15.2. The summed E-state index contributed by atoms with van der Waals surface area (Å²) in [6.45, 7) is 0. The van der Waals surface area contributed by atoms with Crippen molar-refractivity contribution in [3.63, 3.8) is 0 Å². The van der Waals surface area contributed by atoms with Crippen LogP contribution < -0.4 is 0 Å². The molecule has 0 bridgehead atoms. The maximum absolute atomic E-state index is 6.83. The minimum absolute atomic E-state index is 0. The summed E-state index contributed by atoms with van der Waals surface area (Å²) in [6, 6.07) is 78.7. The Balaban J connectivity index is 0.000000296. The van der Waals surface area contributed by atoms with E-state index in [0.717, 1.165) is 77.3 Å². The molecule has 9 aromatic carbocycles. The summed E-state index contributed by atoms with van der Waals surface area (Å²) >= 11 is 0. The van der Waals surface area contributed by atoms with Gasteiger partial charge < -0.3 is 13.8 Å². The molecule has 0 aliphatic carbocycles. The molecule has 0 saturated heterocycles. The molecule has 4 aromatic heterocycles. The summed E-state index contributed by atoms with van der Waals surface area (Å²) in [5, 5.41) is 11.5. The molecule has 0 atom stereocenters. The number of aromatic nitrogens is 3. The molecule has 4 heterocycles. The third-order valence-electron chi connectivity index (χ3n) is 11.9. The molecular weight excluding hydrogens is 947 g/mol. The Morgan fingerprint density at radius 1 is 0.460 bits per heavy atom. The van der Waals surface area contributed by atoms with E-state index in [2.05, 4.69) is 179 Å². The topological polar surface area (TPSA) is 43.3 Å². The Bertz CT molecular complexity index is 3820. The zero-order valence-electron chi connectivity index (χ0n) is 33.8. The number of para-hydroxylation sites is 2. The van der Waals surface area contributed by atoms with Crippen LogP contribution in [0.4, 0.5) is 0 Å². The van der Waals surface area contributed by atoms with Crippen molar-refractivity contribution in [3.8, 4) is 33.8 Å². The number of rotatable bonds is 3. The molecule has 0 saturated carbocycles. The largest absolute Gasteiger partial charge is 0.501 e. The molecule has 0 spiro atoms. The first kappa shape index (κ1) is 38.2. The molecular formula is C58H35IrN3O-2. The van der Waals surface area contributed by atoms with Crippen molar-refractivity contribution in [2.75, 3.05) is 0 Å². The summed E-state index contributed by atoms with van der Waals surface area (Å²) in [5.74, 6) is 0.803. The first-order chi connectivity index (χ1) is 30.8. The molecule has 5 heteroatoms. The molecule has 63 heavy (non-hydrogen) atoms. The van der Waals surface area contributed by atoms with Gasteiger partial charge in [-0.05, 0) is 85.5 Å². The third kappa shape index (κ3) is 6.58. The van der Waals surface area contributed by atoms with Crippen LogP contribution in [0.1, 0.15) is 0 Å². The Hall–Kier alpha value is -7.69. The monoisotopic (exact) mass is 982 g/mol. The standard InChI is InChI=1S/C47H27N2O.C11H8N.Ir/c1-2-12-29(13-3-1)30-24-25-31-27-41-39-20-10-21-40(46(39)50-44(41)28-32(31)26-30)47-48-42-22-11-19-38-36-17-7-5-15-34(36)33-14-4-6-16-35(33)37-18-8-9-23-43(37)49(47)45(38)42;1-2-6-10(7-3-1)11-8-4-5-9-12-11;/h1-20,22-28H;1-6,8-9H;/q2*-1;. The fourth-order valence-electron chi connectivity index (χ4n) is 9.08. The van der Waals surface area contributed by atoms with E-state index in [0.29, 0.717) is 0 Å². The number of nitrogens with zero attached hydrogens (tertiary/aromatic N) is 3. The van der Waals surface area contributed by atoms with E-state index in [4.69, 9.17) is 9.40 Å². The molecule has 4 nitrogen and oxygen atoms in total. The summed E-state index contributed by atoms with van der Waals surface area (Å²) < 4.78 is 9.17. The van der Waals surface area contributed by atoms with Gasteiger partial charge in [-0.15, -0.1) is 54.1 Å². The van der Waals surface area contributed by atoms with Gasteiger partial charge in [0.2, 0.25) is 0 Å². The summed E-state index contributed by atoms with van der Waals surface area (Å²) in [5.41, 5.74) is 9.93. The van der Waals surface area contributed by atoms with Gasteiger partial charge in [0.25, 0.3) is 0 Å². The van der Waals surface area contributed by atoms with Crippen LogP contribution in [-0.4, -0.2) is 14.4 Å². The number of hydrogen-bond donors (Lipinski definition) is 0. The zero-order valence-corrected chi connectivity index (χ0v) is 36.2. The van der Waals surface area contributed by atoms with E-state index in [1.807, 2.05) is 48.5 Å². The van der Waals surface area contributed by atoms with Gasteiger partial charge in [-0.3, -0.25) is 4.98 Å². The SMILES string of the molecule is [Ir].[c-]1ccc2c(oc3cc4cc(-c5ccccc5)ccc4cc32)c1-c1nc2cccc3c4ccccc4c4ccccc4c4ccccc4n1c23.[c-]1ccccc1-c1ccccn1. The molecule has 0 amide bonds. The van der Waals surface area contributed by atoms with Crippen molar-refractivity contribution in [1.29, 1.82) is 0 Å². The van der Waals surface area contributed by atoms with Crippen LogP contribution in [0.3, 0.4) is 0 Å². The Kier molecular flexibility index (Phi) is 9.70. The molecule has 13 aromatic rings. The molecule has 0 aliphatic heterocycles.